The van der Waals surface area contributed by atoms with Crippen LogP contribution in [0.5, 0.6) is 0 Å². The molecule has 0 spiro atoms. The van der Waals surface area contributed by atoms with Crippen molar-refractivity contribution in [2.24, 2.45) is 0 Å². The van der Waals surface area contributed by atoms with Gasteiger partial charge in [-0.1, -0.05) is 0 Å². The second kappa shape index (κ2) is 5.89. The van der Waals surface area contributed by atoms with Crippen molar-refractivity contribution >= 4 is 17.1 Å². The molecule has 4 unspecified atom stereocenters. The van der Waals surface area contributed by atoms with Crippen LogP contribution in [0.2, 0.25) is 0 Å². The summed E-state index contributed by atoms with van der Waals surface area (Å²) in [7, 11) is 1.77. The lowest BCUT2D eigenvalue weighted by atomic mass is 10.1. The van der Waals surface area contributed by atoms with Crippen LogP contribution in [0.4, 0.5) is 5.95 Å². The number of rotatable bonds is 4. The number of aliphatic hydroxyl groups excluding tert-OH is 3. The molecule has 3 rings (SSSR count). The monoisotopic (exact) mass is 325 g/mol. The lowest BCUT2D eigenvalue weighted by Gasteiger charge is -2.23. The average molecular weight is 325 g/mol. The molecule has 4 N–H and O–H groups in total. The molecule has 0 aromatic carbocycles. The molecule has 0 amide bonds. The molecule has 1 saturated heterocycles. The van der Waals surface area contributed by atoms with Gasteiger partial charge < -0.3 is 29.9 Å². The van der Waals surface area contributed by atoms with Gasteiger partial charge in [-0.25, -0.2) is 9.97 Å². The Balaban J connectivity index is 2.19. The van der Waals surface area contributed by atoms with Crippen LogP contribution in [0, 0.1) is 0 Å². The van der Waals surface area contributed by atoms with Crippen LogP contribution in [-0.4, -0.2) is 73.3 Å². The number of hydrogen-bond donors (Lipinski definition) is 4. The van der Waals surface area contributed by atoms with Gasteiger partial charge in [-0.15, -0.1) is 0 Å². The van der Waals surface area contributed by atoms with E-state index < -0.39 is 36.7 Å². The normalized spacial score (nSPS) is 27.7. The molecule has 0 radical (unpaired) electrons. The molecule has 2 aromatic heterocycles. The number of aliphatic hydroxyl groups is 3. The maximum absolute atomic E-state index is 12.0. The van der Waals surface area contributed by atoms with Crippen molar-refractivity contribution in [2.75, 3.05) is 25.1 Å². The van der Waals surface area contributed by atoms with Crippen LogP contribution in [0.25, 0.3) is 11.2 Å². The minimum absolute atomic E-state index is 0.112. The highest BCUT2D eigenvalue weighted by atomic mass is 16.6. The number of aromatic amines is 1. The van der Waals surface area contributed by atoms with Crippen molar-refractivity contribution < 1.29 is 20.1 Å². The van der Waals surface area contributed by atoms with Crippen LogP contribution in [0.3, 0.4) is 0 Å². The van der Waals surface area contributed by atoms with Gasteiger partial charge in [-0.2, -0.15) is 0 Å². The zero-order chi connectivity index (χ0) is 16.7. The molecular formula is C13H19N5O5. The van der Waals surface area contributed by atoms with Crippen molar-refractivity contribution in [3.8, 4) is 0 Å². The van der Waals surface area contributed by atoms with Crippen LogP contribution in [-0.2, 0) is 4.74 Å². The molecule has 0 aliphatic carbocycles. The Morgan fingerprint density at radius 2 is 2.17 bits per heavy atom. The summed E-state index contributed by atoms with van der Waals surface area (Å²) in [5.41, 5.74) is -0.0642. The minimum Gasteiger partial charge on any atom is -0.394 e. The highest BCUT2D eigenvalue weighted by Gasteiger charge is 2.45. The smallest absolute Gasteiger partial charge is 0.278 e. The SMILES string of the molecule is CCN(C)c1nc2c(=O)[nH]cnc2n1C1OC(CO)C(O)C1O. The number of hydrogen-bond acceptors (Lipinski definition) is 8. The van der Waals surface area contributed by atoms with E-state index in [1.807, 2.05) is 6.92 Å². The zero-order valence-electron chi connectivity index (χ0n) is 12.7. The Morgan fingerprint density at radius 1 is 1.43 bits per heavy atom. The Labute approximate surface area is 131 Å². The summed E-state index contributed by atoms with van der Waals surface area (Å²) in [6.45, 7) is 2.06. The quantitative estimate of drug-likeness (QED) is 0.516. The second-order valence-electron chi connectivity index (χ2n) is 5.43. The molecule has 23 heavy (non-hydrogen) atoms. The Morgan fingerprint density at radius 3 is 2.78 bits per heavy atom. The number of nitrogens with zero attached hydrogens (tertiary/aromatic N) is 4. The predicted molar refractivity (Wildman–Crippen MR) is 80.1 cm³/mol. The second-order valence-corrected chi connectivity index (χ2v) is 5.43. The highest BCUT2D eigenvalue weighted by molar-refractivity contribution is 5.73. The Hall–Kier alpha value is -2.01. The van der Waals surface area contributed by atoms with Crippen molar-refractivity contribution in [2.45, 2.75) is 31.5 Å². The Bertz CT molecular complexity index is 759. The number of ether oxygens (including phenoxy) is 1. The van der Waals surface area contributed by atoms with Gasteiger partial charge in [0, 0.05) is 13.6 Å². The maximum atomic E-state index is 12.0. The van der Waals surface area contributed by atoms with E-state index in [2.05, 4.69) is 15.0 Å². The summed E-state index contributed by atoms with van der Waals surface area (Å²) in [6.07, 6.45) is -3.22. The summed E-state index contributed by atoms with van der Waals surface area (Å²) >= 11 is 0. The summed E-state index contributed by atoms with van der Waals surface area (Å²) in [5.74, 6) is 0.376. The fourth-order valence-electron chi connectivity index (χ4n) is 2.65. The first-order chi connectivity index (χ1) is 11.0. The van der Waals surface area contributed by atoms with Crippen LogP contribution < -0.4 is 10.5 Å². The van der Waals surface area contributed by atoms with Crippen LogP contribution >= 0.6 is 0 Å². The summed E-state index contributed by atoms with van der Waals surface area (Å²) in [6, 6.07) is 0. The molecule has 0 bridgehead atoms. The number of fused-ring (bicyclic) bond motifs is 1. The summed E-state index contributed by atoms with van der Waals surface area (Å²) < 4.78 is 7.03. The molecule has 126 valence electrons. The third-order valence-corrected chi connectivity index (χ3v) is 4.05. The first-order valence-electron chi connectivity index (χ1n) is 7.28. The summed E-state index contributed by atoms with van der Waals surface area (Å²) in [5, 5.41) is 29.5. The largest absolute Gasteiger partial charge is 0.394 e. The van der Waals surface area contributed by atoms with E-state index in [1.165, 1.54) is 10.9 Å². The van der Waals surface area contributed by atoms with Gasteiger partial charge in [0.05, 0.1) is 12.9 Å². The highest BCUT2D eigenvalue weighted by Crippen LogP contribution is 2.34. The van der Waals surface area contributed by atoms with Gasteiger partial charge >= 0.3 is 0 Å². The molecule has 10 nitrogen and oxygen atoms in total. The zero-order valence-corrected chi connectivity index (χ0v) is 12.7. The molecule has 3 heterocycles. The van der Waals surface area contributed by atoms with Crippen molar-refractivity contribution in [3.05, 3.63) is 16.7 Å². The van der Waals surface area contributed by atoms with E-state index >= 15 is 0 Å². The number of nitrogens with one attached hydrogen (secondary N) is 1. The fraction of sp³-hybridized carbons (Fsp3) is 0.615. The lowest BCUT2D eigenvalue weighted by Crippen LogP contribution is -2.33. The first-order valence-corrected chi connectivity index (χ1v) is 7.28. The van der Waals surface area contributed by atoms with Gasteiger partial charge in [0.2, 0.25) is 5.95 Å². The number of imidazole rings is 1. The molecule has 1 aliphatic heterocycles. The van der Waals surface area contributed by atoms with Gasteiger partial charge in [0.25, 0.3) is 5.56 Å². The molecule has 1 aliphatic rings. The van der Waals surface area contributed by atoms with E-state index in [4.69, 9.17) is 4.74 Å². The predicted octanol–water partition coefficient (Wildman–Crippen LogP) is -1.81. The van der Waals surface area contributed by atoms with E-state index in [-0.39, 0.29) is 11.2 Å². The molecule has 0 saturated carbocycles. The van der Waals surface area contributed by atoms with E-state index in [0.717, 1.165) is 0 Å². The third kappa shape index (κ3) is 2.39. The van der Waals surface area contributed by atoms with E-state index in [1.54, 1.807) is 11.9 Å². The van der Waals surface area contributed by atoms with Crippen LogP contribution in [0.1, 0.15) is 13.2 Å². The topological polar surface area (TPSA) is 137 Å². The molecule has 10 heteroatoms. The molecule has 2 aromatic rings. The number of aromatic nitrogens is 4. The Kier molecular flexibility index (Phi) is 4.06. The number of anilines is 1. The fourth-order valence-corrected chi connectivity index (χ4v) is 2.65. The summed E-state index contributed by atoms with van der Waals surface area (Å²) in [4.78, 5) is 24.6. The van der Waals surface area contributed by atoms with Crippen molar-refractivity contribution in [1.82, 2.24) is 19.5 Å². The van der Waals surface area contributed by atoms with Crippen molar-refractivity contribution in [1.29, 1.82) is 0 Å². The third-order valence-electron chi connectivity index (χ3n) is 4.05. The first kappa shape index (κ1) is 15.9. The standard InChI is InChI=1S/C13H19N5O5/c1-3-17(2)13-16-7-10(14-5-15-11(7)22)18(13)12-9(21)8(20)6(4-19)23-12/h5-6,8-9,12,19-21H,3-4H2,1-2H3,(H,14,15,22). The van der Waals surface area contributed by atoms with Gasteiger partial charge in [-0.3, -0.25) is 9.36 Å². The number of H-pyrrole nitrogens is 1. The van der Waals surface area contributed by atoms with Gasteiger partial charge in [0.1, 0.15) is 18.3 Å². The molecule has 4 atom stereocenters. The van der Waals surface area contributed by atoms with Crippen LogP contribution in [0.15, 0.2) is 11.1 Å². The molecule has 1 fully saturated rings. The lowest BCUT2D eigenvalue weighted by molar-refractivity contribution is -0.0504. The maximum Gasteiger partial charge on any atom is 0.278 e. The average Bonchev–Trinajstić information content (AvgIpc) is 3.07. The molecular weight excluding hydrogens is 306 g/mol. The minimum atomic E-state index is -1.28. The van der Waals surface area contributed by atoms with E-state index in [9.17, 15) is 20.1 Å². The van der Waals surface area contributed by atoms with Gasteiger partial charge in [-0.05, 0) is 6.92 Å². The van der Waals surface area contributed by atoms with Crippen molar-refractivity contribution in [3.63, 3.8) is 0 Å². The van der Waals surface area contributed by atoms with Gasteiger partial charge in [0.15, 0.2) is 17.4 Å². The van der Waals surface area contributed by atoms with E-state index in [0.29, 0.717) is 12.5 Å².